The molecular weight excluding hydrogens is 368 g/mol. The van der Waals surface area contributed by atoms with E-state index in [0.717, 1.165) is 0 Å². The van der Waals surface area contributed by atoms with E-state index in [-0.39, 0.29) is 34.8 Å². The van der Waals surface area contributed by atoms with Gasteiger partial charge in [0.1, 0.15) is 0 Å². The monoisotopic (exact) mass is 388 g/mol. The second-order valence-electron chi connectivity index (χ2n) is 6.53. The highest BCUT2D eigenvalue weighted by molar-refractivity contribution is 7.91. The summed E-state index contributed by atoms with van der Waals surface area (Å²) in [5.41, 5.74) is 1.40. The first-order valence-electron chi connectivity index (χ1n) is 8.43. The van der Waals surface area contributed by atoms with E-state index < -0.39 is 9.84 Å². The fraction of sp³-hybridized carbons (Fsp3) is 0.333. The summed E-state index contributed by atoms with van der Waals surface area (Å²) in [6.07, 6.45) is 3.35. The smallest absolute Gasteiger partial charge is 0.258 e. The lowest BCUT2D eigenvalue weighted by Gasteiger charge is -2.23. The van der Waals surface area contributed by atoms with E-state index in [0.29, 0.717) is 23.6 Å². The van der Waals surface area contributed by atoms with Crippen LogP contribution in [-0.4, -0.2) is 54.7 Å². The maximum atomic E-state index is 12.3. The molecule has 2 heterocycles. The molecule has 1 aromatic carbocycles. The molecule has 1 aromatic heterocycles. The van der Waals surface area contributed by atoms with Gasteiger partial charge in [-0.05, 0) is 37.6 Å². The zero-order chi connectivity index (χ0) is 19.6. The molecule has 1 aliphatic heterocycles. The van der Waals surface area contributed by atoms with Gasteiger partial charge in [0.25, 0.3) is 5.91 Å². The summed E-state index contributed by atoms with van der Waals surface area (Å²) in [5.74, 6) is 0.217. The summed E-state index contributed by atoms with van der Waals surface area (Å²) in [5, 5.41) is 2.72. The van der Waals surface area contributed by atoms with Crippen molar-refractivity contribution >= 4 is 33.2 Å². The van der Waals surface area contributed by atoms with Crippen molar-refractivity contribution in [3.63, 3.8) is 0 Å². The van der Waals surface area contributed by atoms with Gasteiger partial charge in [0.05, 0.1) is 17.1 Å². The molecule has 0 saturated carbocycles. The van der Waals surface area contributed by atoms with E-state index in [1.54, 1.807) is 36.2 Å². The van der Waals surface area contributed by atoms with Crippen LogP contribution >= 0.6 is 0 Å². The third kappa shape index (κ3) is 4.48. The first kappa shape index (κ1) is 19.0. The number of ketones is 1. The molecule has 8 nitrogen and oxygen atoms in total. The second-order valence-corrected chi connectivity index (χ2v) is 8.76. The Balaban J connectivity index is 1.65. The number of sulfone groups is 1. The lowest BCUT2D eigenvalue weighted by molar-refractivity contribution is 0.101. The van der Waals surface area contributed by atoms with Crippen LogP contribution in [0.5, 0.6) is 0 Å². The Bertz CT molecular complexity index is 956. The maximum absolute atomic E-state index is 12.3. The fourth-order valence-electron chi connectivity index (χ4n) is 2.86. The van der Waals surface area contributed by atoms with Crippen molar-refractivity contribution < 1.29 is 18.0 Å². The molecule has 0 radical (unpaired) electrons. The third-order valence-electron chi connectivity index (χ3n) is 4.52. The number of carbonyl (C=O) groups excluding carboxylic acids is 2. The minimum Gasteiger partial charge on any atom is -0.340 e. The zero-order valence-corrected chi connectivity index (χ0v) is 15.9. The number of anilines is 2. The van der Waals surface area contributed by atoms with Crippen LogP contribution in [0, 0.1) is 0 Å². The number of nitrogens with one attached hydrogen (secondary N) is 1. The quantitative estimate of drug-likeness (QED) is 0.774. The molecule has 2 aromatic rings. The lowest BCUT2D eigenvalue weighted by atomic mass is 10.1. The highest BCUT2D eigenvalue weighted by atomic mass is 32.2. The second kappa shape index (κ2) is 7.43. The minimum absolute atomic E-state index is 0.0453. The number of rotatable bonds is 5. The van der Waals surface area contributed by atoms with Crippen LogP contribution in [-0.2, 0) is 9.84 Å². The number of benzene rings is 1. The first-order chi connectivity index (χ1) is 12.7. The molecule has 27 heavy (non-hydrogen) atoms. The van der Waals surface area contributed by atoms with Gasteiger partial charge in [-0.15, -0.1) is 0 Å². The maximum Gasteiger partial charge on any atom is 0.258 e. The molecule has 0 aliphatic carbocycles. The minimum atomic E-state index is -3.00. The Labute approximate surface area is 157 Å². The van der Waals surface area contributed by atoms with Crippen LogP contribution in [0.25, 0.3) is 0 Å². The van der Waals surface area contributed by atoms with Crippen LogP contribution < -0.4 is 10.2 Å². The predicted molar refractivity (Wildman–Crippen MR) is 102 cm³/mol. The van der Waals surface area contributed by atoms with Crippen molar-refractivity contribution in [2.75, 3.05) is 28.8 Å². The number of hydrogen-bond acceptors (Lipinski definition) is 7. The molecule has 1 unspecified atom stereocenters. The average Bonchev–Trinajstić information content (AvgIpc) is 3.01. The van der Waals surface area contributed by atoms with Crippen LogP contribution in [0.3, 0.4) is 0 Å². The normalized spacial score (nSPS) is 18.1. The van der Waals surface area contributed by atoms with Crippen molar-refractivity contribution in [3.05, 3.63) is 47.8 Å². The number of nitrogens with zero attached hydrogens (tertiary/aromatic N) is 3. The van der Waals surface area contributed by atoms with Gasteiger partial charge < -0.3 is 10.2 Å². The summed E-state index contributed by atoms with van der Waals surface area (Å²) < 4.78 is 23.2. The van der Waals surface area contributed by atoms with E-state index in [1.807, 2.05) is 0 Å². The molecule has 0 bridgehead atoms. The molecule has 1 aliphatic rings. The number of Topliss-reactive ketones (excluding diaryl/α,β-unsaturated/α-hetero) is 1. The summed E-state index contributed by atoms with van der Waals surface area (Å²) in [7, 11) is -1.25. The molecule has 1 N–H and O–H groups in total. The number of aromatic nitrogens is 2. The number of hydrogen-bond donors (Lipinski definition) is 1. The van der Waals surface area contributed by atoms with E-state index in [9.17, 15) is 18.0 Å². The van der Waals surface area contributed by atoms with Gasteiger partial charge in [-0.1, -0.05) is 0 Å². The van der Waals surface area contributed by atoms with Gasteiger partial charge in [-0.2, -0.15) is 0 Å². The molecule has 0 spiro atoms. The standard InChI is InChI=1S/C18H20N4O4S/c1-12(23)13-3-5-15(6-4-13)21-17(24)14-9-19-18(20-10-14)22(2)16-7-8-27(25,26)11-16/h3-6,9-10,16H,7-8,11H2,1-2H3,(H,21,24). The van der Waals surface area contributed by atoms with Crippen molar-refractivity contribution in [1.29, 1.82) is 0 Å². The topological polar surface area (TPSA) is 109 Å². The summed E-state index contributed by atoms with van der Waals surface area (Å²) in [6.45, 7) is 1.48. The summed E-state index contributed by atoms with van der Waals surface area (Å²) in [6, 6.07) is 6.43. The van der Waals surface area contributed by atoms with E-state index >= 15 is 0 Å². The van der Waals surface area contributed by atoms with Gasteiger partial charge >= 0.3 is 0 Å². The first-order valence-corrected chi connectivity index (χ1v) is 10.2. The SMILES string of the molecule is CC(=O)c1ccc(NC(=O)c2cnc(N(C)C3CCS(=O)(=O)C3)nc2)cc1. The Morgan fingerprint density at radius 1 is 1.11 bits per heavy atom. The van der Waals surface area contributed by atoms with Gasteiger partial charge in [0.2, 0.25) is 5.95 Å². The molecule has 3 rings (SSSR count). The van der Waals surface area contributed by atoms with Gasteiger partial charge in [0, 0.05) is 36.7 Å². The molecule has 142 valence electrons. The average molecular weight is 388 g/mol. The van der Waals surface area contributed by atoms with Crippen molar-refractivity contribution in [2.45, 2.75) is 19.4 Å². The molecule has 9 heteroatoms. The largest absolute Gasteiger partial charge is 0.340 e. The van der Waals surface area contributed by atoms with Crippen molar-refractivity contribution in [1.82, 2.24) is 9.97 Å². The Morgan fingerprint density at radius 2 is 1.74 bits per heavy atom. The lowest BCUT2D eigenvalue weighted by Crippen LogP contribution is -2.34. The zero-order valence-electron chi connectivity index (χ0n) is 15.0. The van der Waals surface area contributed by atoms with Crippen molar-refractivity contribution in [2.24, 2.45) is 0 Å². The Morgan fingerprint density at radius 3 is 2.26 bits per heavy atom. The van der Waals surface area contributed by atoms with Gasteiger partial charge in [-0.3, -0.25) is 9.59 Å². The number of carbonyl (C=O) groups is 2. The third-order valence-corrected chi connectivity index (χ3v) is 6.27. The van der Waals surface area contributed by atoms with E-state index in [1.165, 1.54) is 19.3 Å². The highest BCUT2D eigenvalue weighted by Gasteiger charge is 2.31. The molecule has 1 fully saturated rings. The molecule has 1 amide bonds. The van der Waals surface area contributed by atoms with Gasteiger partial charge in [-0.25, -0.2) is 18.4 Å². The van der Waals surface area contributed by atoms with Crippen LogP contribution in [0.1, 0.15) is 34.1 Å². The van der Waals surface area contributed by atoms with Gasteiger partial charge in [0.15, 0.2) is 15.6 Å². The predicted octanol–water partition coefficient (Wildman–Crippen LogP) is 1.55. The van der Waals surface area contributed by atoms with Crippen LogP contribution in [0.15, 0.2) is 36.7 Å². The highest BCUT2D eigenvalue weighted by Crippen LogP contribution is 2.20. The summed E-state index contributed by atoms with van der Waals surface area (Å²) in [4.78, 5) is 33.7. The van der Waals surface area contributed by atoms with Crippen LogP contribution in [0.2, 0.25) is 0 Å². The fourth-order valence-corrected chi connectivity index (χ4v) is 4.63. The van der Waals surface area contributed by atoms with Crippen LogP contribution in [0.4, 0.5) is 11.6 Å². The molecular formula is C18H20N4O4S. The Hall–Kier alpha value is -2.81. The molecule has 1 atom stereocenters. The van der Waals surface area contributed by atoms with E-state index in [4.69, 9.17) is 0 Å². The number of amides is 1. The van der Waals surface area contributed by atoms with Crippen molar-refractivity contribution in [3.8, 4) is 0 Å². The molecule has 1 saturated heterocycles. The Kier molecular flexibility index (Phi) is 5.22. The summed E-state index contributed by atoms with van der Waals surface area (Å²) >= 11 is 0. The van der Waals surface area contributed by atoms with E-state index in [2.05, 4.69) is 15.3 Å².